The summed E-state index contributed by atoms with van der Waals surface area (Å²) in [5.41, 5.74) is -1.99. The van der Waals surface area contributed by atoms with Crippen molar-refractivity contribution >= 4 is 39.4 Å². The number of benzene rings is 3. The van der Waals surface area contributed by atoms with E-state index in [9.17, 15) is 18.4 Å². The molecule has 0 aliphatic carbocycles. The summed E-state index contributed by atoms with van der Waals surface area (Å²) in [6.45, 7) is 8.29. The van der Waals surface area contributed by atoms with E-state index in [1.54, 1.807) is 4.90 Å². The van der Waals surface area contributed by atoms with Gasteiger partial charge in [-0.15, -0.1) is 0 Å². The Morgan fingerprint density at radius 2 is 1.73 bits per heavy atom. The lowest BCUT2D eigenvalue weighted by Crippen LogP contribution is -2.57. The van der Waals surface area contributed by atoms with Crippen LogP contribution in [0.25, 0.3) is 32.8 Å². The zero-order valence-corrected chi connectivity index (χ0v) is 32.1. The topological polar surface area (TPSA) is 107 Å². The standard InChI is InChI=1S/C41H45F4N5O6/c1-22(51)28-15-30-36(35(45)33(28)29-14-27(55-21-53-5)13-23-7-10-31(43)34(44)32(23)29)46-38(54-20-41-11-6-12-49(41)17-24(42)16-41)47-37(30)48-18-25-8-9-26(19-48)50(25)39(52)56-40(2,3)4/h7,10,13-15,24-26H,6,8-9,11-12,16-21H2,1-5H3/t24-,25-,26+,41+/m1/s1. The maximum atomic E-state index is 17.6. The first-order chi connectivity index (χ1) is 26.7. The summed E-state index contributed by atoms with van der Waals surface area (Å²) < 4.78 is 85.7. The Morgan fingerprint density at radius 3 is 2.43 bits per heavy atom. The number of amides is 1. The van der Waals surface area contributed by atoms with Gasteiger partial charge in [-0.1, -0.05) is 6.07 Å². The number of anilines is 1. The monoisotopic (exact) mass is 779 g/mol. The molecule has 8 rings (SSSR count). The number of ketones is 1. The van der Waals surface area contributed by atoms with Crippen LogP contribution >= 0.6 is 0 Å². The predicted molar refractivity (Wildman–Crippen MR) is 201 cm³/mol. The molecule has 0 saturated carbocycles. The van der Waals surface area contributed by atoms with Crippen molar-refractivity contribution in [2.45, 2.75) is 89.2 Å². The molecule has 4 fully saturated rings. The summed E-state index contributed by atoms with van der Waals surface area (Å²) in [6.07, 6.45) is 1.91. The summed E-state index contributed by atoms with van der Waals surface area (Å²) in [5, 5.41) is 0.149. The van der Waals surface area contributed by atoms with E-state index in [0.29, 0.717) is 38.9 Å². The van der Waals surface area contributed by atoms with Crippen LogP contribution in [0.4, 0.5) is 28.2 Å². The molecular formula is C41H45F4N5O6. The Kier molecular flexibility index (Phi) is 9.75. The highest BCUT2D eigenvalue weighted by molar-refractivity contribution is 6.11. The molecule has 0 unspecified atom stereocenters. The fourth-order valence-electron chi connectivity index (χ4n) is 9.15. The number of hydrogen-bond acceptors (Lipinski definition) is 10. The van der Waals surface area contributed by atoms with Gasteiger partial charge in [-0.25, -0.2) is 22.4 Å². The van der Waals surface area contributed by atoms with E-state index in [4.69, 9.17) is 23.9 Å². The second-order valence-electron chi connectivity index (χ2n) is 16.4. The molecule has 3 aromatic carbocycles. The molecule has 4 saturated heterocycles. The Balaban J connectivity index is 1.29. The maximum absolute atomic E-state index is 17.6. The van der Waals surface area contributed by atoms with Gasteiger partial charge in [-0.3, -0.25) is 14.6 Å². The number of carbonyl (C=O) groups excluding carboxylic acids is 2. The van der Waals surface area contributed by atoms with Crippen molar-refractivity contribution in [1.29, 1.82) is 0 Å². The molecule has 2 bridgehead atoms. The number of aromatic nitrogens is 2. The Morgan fingerprint density at radius 1 is 0.982 bits per heavy atom. The minimum Gasteiger partial charge on any atom is -0.468 e. The average molecular weight is 780 g/mol. The van der Waals surface area contributed by atoms with E-state index < -0.39 is 46.6 Å². The molecule has 1 aromatic heterocycles. The predicted octanol–water partition coefficient (Wildman–Crippen LogP) is 7.60. The molecule has 4 aliphatic rings. The molecule has 0 N–H and O–H groups in total. The molecular weight excluding hydrogens is 734 g/mol. The summed E-state index contributed by atoms with van der Waals surface area (Å²) in [6, 6.07) is 5.97. The second kappa shape index (κ2) is 14.3. The van der Waals surface area contributed by atoms with Crippen LogP contribution in [0.3, 0.4) is 0 Å². The van der Waals surface area contributed by atoms with Crippen molar-refractivity contribution in [3.63, 3.8) is 0 Å². The lowest BCUT2D eigenvalue weighted by molar-refractivity contribution is 0.0122. The number of carbonyl (C=O) groups is 2. The van der Waals surface area contributed by atoms with Gasteiger partial charge >= 0.3 is 12.1 Å². The minimum atomic E-state index is -1.22. The summed E-state index contributed by atoms with van der Waals surface area (Å²) in [7, 11) is 1.42. The van der Waals surface area contributed by atoms with Crippen LogP contribution in [0, 0.1) is 17.5 Å². The molecule has 4 atom stereocenters. The maximum Gasteiger partial charge on any atom is 0.410 e. The van der Waals surface area contributed by atoms with Crippen LogP contribution in [0.5, 0.6) is 11.8 Å². The van der Waals surface area contributed by atoms with Crippen molar-refractivity contribution < 1.29 is 46.1 Å². The molecule has 15 heteroatoms. The van der Waals surface area contributed by atoms with Crippen LogP contribution in [-0.4, -0.2) is 108 Å². The van der Waals surface area contributed by atoms with Gasteiger partial charge in [0, 0.05) is 55.1 Å². The van der Waals surface area contributed by atoms with Crippen molar-refractivity contribution in [2.24, 2.45) is 0 Å². The van der Waals surface area contributed by atoms with Gasteiger partial charge in [0.15, 0.2) is 30.0 Å². The zero-order valence-electron chi connectivity index (χ0n) is 32.1. The first-order valence-electron chi connectivity index (χ1n) is 19.0. The molecule has 56 heavy (non-hydrogen) atoms. The quantitative estimate of drug-likeness (QED) is 0.0959. The van der Waals surface area contributed by atoms with E-state index >= 15 is 8.78 Å². The Labute approximate surface area is 321 Å². The first-order valence-corrected chi connectivity index (χ1v) is 19.0. The molecule has 298 valence electrons. The molecule has 1 amide bonds. The van der Waals surface area contributed by atoms with Crippen LogP contribution in [-0.2, 0) is 9.47 Å². The number of methoxy groups -OCH3 is 1. The highest BCUT2D eigenvalue weighted by Gasteiger charge is 2.50. The van der Waals surface area contributed by atoms with Crippen LogP contribution in [0.2, 0.25) is 0 Å². The van der Waals surface area contributed by atoms with Gasteiger partial charge in [-0.2, -0.15) is 9.97 Å². The summed E-state index contributed by atoms with van der Waals surface area (Å²) in [4.78, 5) is 42.0. The average Bonchev–Trinajstić information content (AvgIpc) is 3.76. The van der Waals surface area contributed by atoms with Crippen molar-refractivity contribution in [1.82, 2.24) is 19.8 Å². The minimum absolute atomic E-state index is 0.0735. The second-order valence-corrected chi connectivity index (χ2v) is 16.4. The number of alkyl halides is 1. The van der Waals surface area contributed by atoms with E-state index in [2.05, 4.69) is 9.88 Å². The number of nitrogens with zero attached hydrogens (tertiary/aromatic N) is 5. The van der Waals surface area contributed by atoms with Crippen molar-refractivity contribution in [3.05, 3.63) is 53.3 Å². The van der Waals surface area contributed by atoms with Crippen molar-refractivity contribution in [3.8, 4) is 22.9 Å². The lowest BCUT2D eigenvalue weighted by Gasteiger charge is -2.42. The number of Topliss-reactive ketones (excluding diaryl/α,β-unsaturated/α-hetero) is 1. The summed E-state index contributed by atoms with van der Waals surface area (Å²) >= 11 is 0. The van der Waals surface area contributed by atoms with E-state index in [0.717, 1.165) is 25.5 Å². The SMILES string of the molecule is COCOc1cc(-c2c(C(C)=O)cc3c(N4C[C@H]5CC[C@@H](C4)N5C(=O)OC(C)(C)C)nc(OC[C@@]45CCCN4C[C@H](F)C5)nc3c2F)c2c(F)c(F)ccc2c1. The smallest absolute Gasteiger partial charge is 0.410 e. The first kappa shape index (κ1) is 38.1. The fourth-order valence-corrected chi connectivity index (χ4v) is 9.15. The third kappa shape index (κ3) is 6.76. The molecule has 0 spiro atoms. The number of fused-ring (bicyclic) bond motifs is 5. The highest BCUT2D eigenvalue weighted by Crippen LogP contribution is 2.44. The fraction of sp³-hybridized carbons (Fsp3) is 0.512. The number of rotatable bonds is 9. The Bertz CT molecular complexity index is 2220. The van der Waals surface area contributed by atoms with Gasteiger partial charge in [0.25, 0.3) is 0 Å². The third-order valence-corrected chi connectivity index (χ3v) is 11.5. The van der Waals surface area contributed by atoms with Gasteiger partial charge in [-0.05, 0) is 95.1 Å². The number of hydrogen-bond donors (Lipinski definition) is 0. The zero-order chi connectivity index (χ0) is 39.7. The van der Waals surface area contributed by atoms with E-state index in [-0.39, 0.29) is 81.4 Å². The van der Waals surface area contributed by atoms with Crippen LogP contribution in [0.15, 0.2) is 30.3 Å². The molecule has 5 heterocycles. The van der Waals surface area contributed by atoms with Gasteiger partial charge in [0.1, 0.15) is 35.5 Å². The highest BCUT2D eigenvalue weighted by atomic mass is 19.2. The Hall–Kier alpha value is -4.76. The molecule has 0 radical (unpaired) electrons. The van der Waals surface area contributed by atoms with Gasteiger partial charge in [0.05, 0.1) is 17.6 Å². The normalized spacial score (nSPS) is 23.6. The van der Waals surface area contributed by atoms with Gasteiger partial charge < -0.3 is 23.8 Å². The molecule has 4 aromatic rings. The largest absolute Gasteiger partial charge is 0.468 e. The van der Waals surface area contributed by atoms with E-state index in [1.165, 1.54) is 38.3 Å². The number of ether oxygens (including phenoxy) is 4. The number of halogens is 4. The lowest BCUT2D eigenvalue weighted by atomic mass is 9.90. The van der Waals surface area contributed by atoms with Crippen molar-refractivity contribution in [2.75, 3.05) is 51.6 Å². The van der Waals surface area contributed by atoms with E-state index in [1.807, 2.05) is 25.7 Å². The number of piperazine rings is 1. The summed E-state index contributed by atoms with van der Waals surface area (Å²) in [5.74, 6) is -3.44. The third-order valence-electron chi connectivity index (χ3n) is 11.5. The van der Waals surface area contributed by atoms with Crippen LogP contribution < -0.4 is 14.4 Å². The molecule has 4 aliphatic heterocycles. The molecule has 11 nitrogen and oxygen atoms in total. The van der Waals surface area contributed by atoms with Gasteiger partial charge in [0.2, 0.25) is 0 Å². The van der Waals surface area contributed by atoms with Crippen LogP contribution in [0.1, 0.15) is 70.2 Å².